The van der Waals surface area contributed by atoms with E-state index in [0.717, 1.165) is 23.3 Å². The first-order valence-corrected chi connectivity index (χ1v) is 7.35. The Balaban J connectivity index is 2.24. The molecule has 0 bridgehead atoms. The van der Waals surface area contributed by atoms with Crippen molar-refractivity contribution in [3.63, 3.8) is 0 Å². The van der Waals surface area contributed by atoms with Gasteiger partial charge in [-0.15, -0.1) is 0 Å². The Morgan fingerprint density at radius 3 is 2.42 bits per heavy atom. The molecule has 0 aliphatic rings. The van der Waals surface area contributed by atoms with Crippen molar-refractivity contribution in [2.75, 3.05) is 5.32 Å². The molecule has 0 radical (unpaired) electrons. The second-order valence-electron chi connectivity index (χ2n) is 4.78. The highest BCUT2D eigenvalue weighted by atomic mass is 79.9. The van der Waals surface area contributed by atoms with Gasteiger partial charge in [0, 0.05) is 12.2 Å². The third kappa shape index (κ3) is 2.84. The molecule has 4 heteroatoms. The summed E-state index contributed by atoms with van der Waals surface area (Å²) in [7, 11) is 0. The van der Waals surface area contributed by atoms with Gasteiger partial charge in [0.15, 0.2) is 0 Å². The largest absolute Gasteiger partial charge is 0.379 e. The van der Waals surface area contributed by atoms with Crippen LogP contribution in [0.5, 0.6) is 0 Å². The molecule has 0 amide bonds. The lowest BCUT2D eigenvalue weighted by molar-refractivity contribution is 0.622. The van der Waals surface area contributed by atoms with Crippen LogP contribution in [0.15, 0.2) is 22.7 Å². The van der Waals surface area contributed by atoms with Gasteiger partial charge in [0.1, 0.15) is 0 Å². The van der Waals surface area contributed by atoms with Crippen LogP contribution in [-0.2, 0) is 13.1 Å². The van der Waals surface area contributed by atoms with Crippen molar-refractivity contribution in [3.8, 4) is 0 Å². The Hall–Kier alpha value is -1.29. The fourth-order valence-electron chi connectivity index (χ4n) is 2.30. The second kappa shape index (κ2) is 5.78. The standard InChI is InChI=1S/C15H20BrN3/c1-5-19-13(14(16)12(4)18-19)9-17-15-10(2)7-6-8-11(15)3/h6-8,17H,5,9H2,1-4H3. The quantitative estimate of drug-likeness (QED) is 0.914. The van der Waals surface area contributed by atoms with Gasteiger partial charge in [0.05, 0.1) is 22.4 Å². The van der Waals surface area contributed by atoms with Crippen LogP contribution in [0.4, 0.5) is 5.69 Å². The molecule has 0 saturated carbocycles. The van der Waals surface area contributed by atoms with Gasteiger partial charge in [-0.25, -0.2) is 0 Å². The van der Waals surface area contributed by atoms with Crippen molar-refractivity contribution in [1.82, 2.24) is 9.78 Å². The fourth-order valence-corrected chi connectivity index (χ4v) is 2.73. The minimum atomic E-state index is 0.779. The van der Waals surface area contributed by atoms with Crippen molar-refractivity contribution in [3.05, 3.63) is 45.2 Å². The van der Waals surface area contributed by atoms with Gasteiger partial charge in [0.25, 0.3) is 0 Å². The molecule has 1 heterocycles. The first kappa shape index (κ1) is 14.1. The molecule has 1 aromatic heterocycles. The van der Waals surface area contributed by atoms with Crippen LogP contribution in [0.2, 0.25) is 0 Å². The summed E-state index contributed by atoms with van der Waals surface area (Å²) >= 11 is 3.63. The second-order valence-corrected chi connectivity index (χ2v) is 5.58. The number of halogens is 1. The zero-order chi connectivity index (χ0) is 14.0. The molecule has 0 unspecified atom stereocenters. The summed E-state index contributed by atoms with van der Waals surface area (Å²) in [4.78, 5) is 0. The van der Waals surface area contributed by atoms with Crippen molar-refractivity contribution >= 4 is 21.6 Å². The molecule has 0 aliphatic carbocycles. The normalized spacial score (nSPS) is 10.8. The minimum absolute atomic E-state index is 0.779. The summed E-state index contributed by atoms with van der Waals surface area (Å²) in [5.41, 5.74) is 6.00. The lowest BCUT2D eigenvalue weighted by atomic mass is 10.1. The molecule has 0 saturated heterocycles. The molecule has 0 atom stereocenters. The lowest BCUT2D eigenvalue weighted by Crippen LogP contribution is -2.09. The molecular formula is C15H20BrN3. The summed E-state index contributed by atoms with van der Waals surface area (Å²) in [6.45, 7) is 10.1. The number of hydrogen-bond donors (Lipinski definition) is 1. The number of hydrogen-bond acceptors (Lipinski definition) is 2. The maximum Gasteiger partial charge on any atom is 0.0739 e. The molecule has 102 valence electrons. The predicted octanol–water partition coefficient (Wildman–Crippen LogP) is 4.20. The Bertz CT molecular complexity index is 567. The van der Waals surface area contributed by atoms with E-state index in [0.29, 0.717) is 0 Å². The highest BCUT2D eigenvalue weighted by Crippen LogP contribution is 2.24. The van der Waals surface area contributed by atoms with Crippen LogP contribution < -0.4 is 5.32 Å². The SMILES string of the molecule is CCn1nc(C)c(Br)c1CNc1c(C)cccc1C. The predicted molar refractivity (Wildman–Crippen MR) is 83.6 cm³/mol. The number of aromatic nitrogens is 2. The van der Waals surface area contributed by atoms with Crippen LogP contribution >= 0.6 is 15.9 Å². The lowest BCUT2D eigenvalue weighted by Gasteiger charge is -2.13. The zero-order valence-electron chi connectivity index (χ0n) is 11.9. The van der Waals surface area contributed by atoms with Gasteiger partial charge >= 0.3 is 0 Å². The van der Waals surface area contributed by atoms with E-state index in [2.05, 4.69) is 65.3 Å². The van der Waals surface area contributed by atoms with Gasteiger partial charge in [0.2, 0.25) is 0 Å². The van der Waals surface area contributed by atoms with Crippen LogP contribution in [0.25, 0.3) is 0 Å². The number of benzene rings is 1. The fraction of sp³-hybridized carbons (Fsp3) is 0.400. The summed E-state index contributed by atoms with van der Waals surface area (Å²) < 4.78 is 3.15. The Kier molecular flexibility index (Phi) is 4.30. The van der Waals surface area contributed by atoms with Crippen molar-refractivity contribution in [1.29, 1.82) is 0 Å². The van der Waals surface area contributed by atoms with E-state index >= 15 is 0 Å². The molecule has 19 heavy (non-hydrogen) atoms. The highest BCUT2D eigenvalue weighted by Gasteiger charge is 2.12. The maximum atomic E-state index is 4.52. The molecule has 1 aromatic carbocycles. The number of anilines is 1. The Labute approximate surface area is 123 Å². The zero-order valence-corrected chi connectivity index (χ0v) is 13.5. The number of nitrogens with zero attached hydrogens (tertiary/aromatic N) is 2. The molecule has 0 aliphatic heterocycles. The van der Waals surface area contributed by atoms with E-state index in [4.69, 9.17) is 0 Å². The highest BCUT2D eigenvalue weighted by molar-refractivity contribution is 9.10. The van der Waals surface area contributed by atoms with Gasteiger partial charge in [-0.2, -0.15) is 5.10 Å². The molecule has 2 rings (SSSR count). The smallest absolute Gasteiger partial charge is 0.0739 e. The Morgan fingerprint density at radius 2 is 1.84 bits per heavy atom. The molecular weight excluding hydrogens is 302 g/mol. The molecule has 0 fully saturated rings. The summed E-state index contributed by atoms with van der Waals surface area (Å²) in [5.74, 6) is 0. The summed E-state index contributed by atoms with van der Waals surface area (Å²) in [6, 6.07) is 6.35. The summed E-state index contributed by atoms with van der Waals surface area (Å²) in [5, 5.41) is 8.05. The average Bonchev–Trinajstić information content (AvgIpc) is 2.65. The van der Waals surface area contributed by atoms with E-state index in [-0.39, 0.29) is 0 Å². The van der Waals surface area contributed by atoms with Crippen LogP contribution in [0.3, 0.4) is 0 Å². The summed E-state index contributed by atoms with van der Waals surface area (Å²) in [6.07, 6.45) is 0. The van der Waals surface area contributed by atoms with Gasteiger partial charge in [-0.1, -0.05) is 18.2 Å². The number of rotatable bonds is 4. The third-order valence-corrected chi connectivity index (χ3v) is 4.40. The van der Waals surface area contributed by atoms with Crippen molar-refractivity contribution in [2.45, 2.75) is 40.8 Å². The van der Waals surface area contributed by atoms with Gasteiger partial charge < -0.3 is 5.32 Å². The van der Waals surface area contributed by atoms with E-state index in [1.54, 1.807) is 0 Å². The van der Waals surface area contributed by atoms with Crippen LogP contribution in [0, 0.1) is 20.8 Å². The maximum absolute atomic E-state index is 4.52. The van der Waals surface area contributed by atoms with Crippen molar-refractivity contribution in [2.24, 2.45) is 0 Å². The van der Waals surface area contributed by atoms with E-state index in [1.807, 2.05) is 11.6 Å². The first-order chi connectivity index (χ1) is 9.04. The van der Waals surface area contributed by atoms with Gasteiger partial charge in [-0.3, -0.25) is 4.68 Å². The third-order valence-electron chi connectivity index (χ3n) is 3.37. The molecule has 2 aromatic rings. The van der Waals surface area contributed by atoms with Crippen LogP contribution in [0.1, 0.15) is 29.4 Å². The monoisotopic (exact) mass is 321 g/mol. The number of nitrogens with one attached hydrogen (secondary N) is 1. The minimum Gasteiger partial charge on any atom is -0.379 e. The van der Waals surface area contributed by atoms with E-state index in [1.165, 1.54) is 22.5 Å². The number of aryl methyl sites for hydroxylation is 4. The van der Waals surface area contributed by atoms with E-state index < -0.39 is 0 Å². The molecule has 1 N–H and O–H groups in total. The molecule has 0 spiro atoms. The van der Waals surface area contributed by atoms with E-state index in [9.17, 15) is 0 Å². The first-order valence-electron chi connectivity index (χ1n) is 6.56. The van der Waals surface area contributed by atoms with Gasteiger partial charge in [-0.05, 0) is 54.8 Å². The van der Waals surface area contributed by atoms with Crippen molar-refractivity contribution < 1.29 is 0 Å². The van der Waals surface area contributed by atoms with Crippen LogP contribution in [-0.4, -0.2) is 9.78 Å². The topological polar surface area (TPSA) is 29.9 Å². The average molecular weight is 322 g/mol. The number of para-hydroxylation sites is 1. The Morgan fingerprint density at radius 1 is 1.21 bits per heavy atom. The molecule has 3 nitrogen and oxygen atoms in total.